The second-order valence-electron chi connectivity index (χ2n) is 5.33. The highest BCUT2D eigenvalue weighted by molar-refractivity contribution is 7.92. The number of sulfone groups is 1. The van der Waals surface area contributed by atoms with E-state index in [-0.39, 0.29) is 5.25 Å². The molecule has 0 aliphatic heterocycles. The van der Waals surface area contributed by atoms with E-state index >= 15 is 0 Å². The van der Waals surface area contributed by atoms with E-state index in [1.165, 1.54) is 0 Å². The third-order valence-corrected chi connectivity index (χ3v) is 5.88. The van der Waals surface area contributed by atoms with Crippen LogP contribution in [0.2, 0.25) is 0 Å². The fourth-order valence-corrected chi connectivity index (χ4v) is 4.29. The first-order valence-corrected chi connectivity index (χ1v) is 9.05. The molecule has 0 aliphatic rings. The largest absolute Gasteiger partial charge is 0.223 e. The molecule has 2 nitrogen and oxygen atoms in total. The van der Waals surface area contributed by atoms with Crippen molar-refractivity contribution < 1.29 is 8.42 Å². The second-order valence-corrected chi connectivity index (χ2v) is 8.58. The van der Waals surface area contributed by atoms with Crippen molar-refractivity contribution in [2.24, 2.45) is 0 Å². The van der Waals surface area contributed by atoms with Crippen molar-refractivity contribution in [2.75, 3.05) is 0 Å². The lowest BCUT2D eigenvalue weighted by atomic mass is 10.1. The van der Waals surface area contributed by atoms with Crippen LogP contribution in [0.4, 0.5) is 0 Å². The van der Waals surface area contributed by atoms with Crippen LogP contribution in [0.15, 0.2) is 59.5 Å². The molecule has 0 saturated heterocycles. The second kappa shape index (κ2) is 6.67. The zero-order valence-corrected chi connectivity index (χ0v) is 13.9. The van der Waals surface area contributed by atoms with E-state index in [1.807, 2.05) is 49.4 Å². The molecule has 2 aromatic rings. The summed E-state index contributed by atoms with van der Waals surface area (Å²) in [5.74, 6) is 0. The van der Waals surface area contributed by atoms with E-state index < -0.39 is 15.1 Å². The Balaban J connectivity index is 2.27. The van der Waals surface area contributed by atoms with Gasteiger partial charge in [0.2, 0.25) is 0 Å². The third-order valence-electron chi connectivity index (χ3n) is 3.49. The first-order valence-electron chi connectivity index (χ1n) is 6.98. The van der Waals surface area contributed by atoms with Crippen molar-refractivity contribution in [1.29, 1.82) is 0 Å². The summed E-state index contributed by atoms with van der Waals surface area (Å²) in [6.07, 6.45) is 0.548. The van der Waals surface area contributed by atoms with Gasteiger partial charge in [-0.25, -0.2) is 8.42 Å². The molecule has 0 saturated carbocycles. The molecule has 2 atom stereocenters. The average molecular weight is 320 g/mol. The molecule has 2 aromatic carbocycles. The van der Waals surface area contributed by atoms with Crippen LogP contribution in [0.1, 0.15) is 20.3 Å². The summed E-state index contributed by atoms with van der Waals surface area (Å²) in [7, 11) is -3.28. The topological polar surface area (TPSA) is 34.1 Å². The highest BCUT2D eigenvalue weighted by atomic mass is 32.2. The zero-order chi connectivity index (χ0) is 15.5. The maximum absolute atomic E-state index is 12.5. The Morgan fingerprint density at radius 2 is 1.43 bits per heavy atom. The molecule has 0 N–H and O–H groups in total. The summed E-state index contributed by atoms with van der Waals surface area (Å²) in [5, 5.41) is -0.356. The Morgan fingerprint density at radius 3 is 1.95 bits per heavy atom. The monoisotopic (exact) mass is 320 g/mol. The molecule has 0 heterocycles. The van der Waals surface area contributed by atoms with Gasteiger partial charge >= 0.3 is 0 Å². The van der Waals surface area contributed by atoms with Gasteiger partial charge in [0.25, 0.3) is 0 Å². The molecular formula is C17H20O2S2. The van der Waals surface area contributed by atoms with Crippen LogP contribution in [-0.4, -0.2) is 18.9 Å². The minimum atomic E-state index is -3.28. The normalized spacial score (nSPS) is 14.6. The number of rotatable bonds is 5. The molecule has 0 amide bonds. The molecule has 0 aromatic heterocycles. The van der Waals surface area contributed by atoms with Gasteiger partial charge in [-0.1, -0.05) is 49.4 Å². The standard InChI is InChI=1S/C17H20O2S2/c1-13(20)12-14(2)21(18,19)17-10-8-16(9-11-17)15-6-4-3-5-7-15/h3-11,13-14,20H,12H2,1-2H3. The van der Waals surface area contributed by atoms with E-state index in [4.69, 9.17) is 0 Å². The van der Waals surface area contributed by atoms with Gasteiger partial charge in [-0.15, -0.1) is 0 Å². The quantitative estimate of drug-likeness (QED) is 0.837. The Bertz CT molecular complexity index is 674. The van der Waals surface area contributed by atoms with Crippen molar-refractivity contribution in [2.45, 2.75) is 35.7 Å². The van der Waals surface area contributed by atoms with Gasteiger partial charge in [-0.05, 0) is 36.6 Å². The van der Waals surface area contributed by atoms with E-state index in [0.717, 1.165) is 11.1 Å². The molecular weight excluding hydrogens is 300 g/mol. The highest BCUT2D eigenvalue weighted by Gasteiger charge is 2.24. The smallest absolute Gasteiger partial charge is 0.180 e. The van der Waals surface area contributed by atoms with E-state index in [9.17, 15) is 8.42 Å². The Kier molecular flexibility index (Phi) is 5.12. The number of hydrogen-bond donors (Lipinski definition) is 1. The Hall–Kier alpha value is -1.26. The summed E-state index contributed by atoms with van der Waals surface area (Å²) in [6, 6.07) is 17.0. The van der Waals surface area contributed by atoms with Crippen LogP contribution in [0.3, 0.4) is 0 Å². The highest BCUT2D eigenvalue weighted by Crippen LogP contribution is 2.24. The van der Waals surface area contributed by atoms with Crippen molar-refractivity contribution >= 4 is 22.5 Å². The first-order chi connectivity index (χ1) is 9.91. The SMILES string of the molecule is CC(S)CC(C)S(=O)(=O)c1ccc(-c2ccccc2)cc1. The molecule has 2 rings (SSSR count). The van der Waals surface area contributed by atoms with Gasteiger partial charge in [0.1, 0.15) is 0 Å². The van der Waals surface area contributed by atoms with E-state index in [2.05, 4.69) is 12.6 Å². The molecule has 0 fully saturated rings. The Morgan fingerprint density at radius 1 is 0.905 bits per heavy atom. The molecule has 4 heteroatoms. The molecule has 112 valence electrons. The maximum Gasteiger partial charge on any atom is 0.180 e. The van der Waals surface area contributed by atoms with Crippen LogP contribution in [-0.2, 0) is 9.84 Å². The fraction of sp³-hybridized carbons (Fsp3) is 0.294. The predicted octanol–water partition coefficient (Wildman–Crippen LogP) is 4.22. The summed E-state index contributed by atoms with van der Waals surface area (Å²) < 4.78 is 25.0. The number of hydrogen-bond acceptors (Lipinski definition) is 3. The molecule has 21 heavy (non-hydrogen) atoms. The summed E-state index contributed by atoms with van der Waals surface area (Å²) in [5.41, 5.74) is 2.10. The van der Waals surface area contributed by atoms with Crippen LogP contribution < -0.4 is 0 Å². The lowest BCUT2D eigenvalue weighted by molar-refractivity contribution is 0.577. The van der Waals surface area contributed by atoms with Gasteiger partial charge in [0, 0.05) is 5.25 Å². The van der Waals surface area contributed by atoms with Crippen molar-refractivity contribution in [3.8, 4) is 11.1 Å². The van der Waals surface area contributed by atoms with Crippen molar-refractivity contribution in [1.82, 2.24) is 0 Å². The minimum Gasteiger partial charge on any atom is -0.223 e. The number of benzene rings is 2. The molecule has 0 spiro atoms. The van der Waals surface area contributed by atoms with Crippen LogP contribution in [0.5, 0.6) is 0 Å². The van der Waals surface area contributed by atoms with Crippen LogP contribution in [0, 0.1) is 0 Å². The van der Waals surface area contributed by atoms with Gasteiger partial charge in [-0.3, -0.25) is 0 Å². The zero-order valence-electron chi connectivity index (χ0n) is 12.2. The van der Waals surface area contributed by atoms with Crippen LogP contribution in [0.25, 0.3) is 11.1 Å². The van der Waals surface area contributed by atoms with Gasteiger partial charge in [-0.2, -0.15) is 12.6 Å². The lowest BCUT2D eigenvalue weighted by Crippen LogP contribution is -2.20. The van der Waals surface area contributed by atoms with Gasteiger partial charge < -0.3 is 0 Å². The van der Waals surface area contributed by atoms with Gasteiger partial charge in [0.15, 0.2) is 9.84 Å². The first kappa shape index (κ1) is 16.1. The molecule has 0 bridgehead atoms. The average Bonchev–Trinajstić information content (AvgIpc) is 2.47. The van der Waals surface area contributed by atoms with Crippen molar-refractivity contribution in [3.63, 3.8) is 0 Å². The molecule has 2 unspecified atom stereocenters. The summed E-state index contributed by atoms with van der Waals surface area (Å²) >= 11 is 4.28. The Labute approximate surface area is 132 Å². The summed E-state index contributed by atoms with van der Waals surface area (Å²) in [4.78, 5) is 0.378. The van der Waals surface area contributed by atoms with Crippen molar-refractivity contribution in [3.05, 3.63) is 54.6 Å². The molecule has 0 aliphatic carbocycles. The minimum absolute atomic E-state index is 0.0679. The maximum atomic E-state index is 12.5. The number of thiol groups is 1. The lowest BCUT2D eigenvalue weighted by Gasteiger charge is -2.15. The van der Waals surface area contributed by atoms with Gasteiger partial charge in [0.05, 0.1) is 10.1 Å². The molecule has 0 radical (unpaired) electrons. The fourth-order valence-electron chi connectivity index (χ4n) is 2.31. The van der Waals surface area contributed by atoms with E-state index in [0.29, 0.717) is 11.3 Å². The van der Waals surface area contributed by atoms with Crippen LogP contribution >= 0.6 is 12.6 Å². The predicted molar refractivity (Wildman–Crippen MR) is 91.6 cm³/mol. The third kappa shape index (κ3) is 3.89. The summed E-state index contributed by atoms with van der Waals surface area (Å²) in [6.45, 7) is 3.65. The van der Waals surface area contributed by atoms with E-state index in [1.54, 1.807) is 19.1 Å².